The molecule has 0 aromatic carbocycles. The SMILES string of the molecule is CCc1csc(N2CCCCC2CNCCOC)n1. The van der Waals surface area contributed by atoms with Crippen LogP contribution in [0, 0.1) is 0 Å². The lowest BCUT2D eigenvalue weighted by Crippen LogP contribution is -2.46. The fraction of sp³-hybridized carbons (Fsp3) is 0.786. The average molecular weight is 283 g/mol. The number of methoxy groups -OCH3 is 1. The maximum Gasteiger partial charge on any atom is 0.185 e. The van der Waals surface area contributed by atoms with Crippen LogP contribution in [0.25, 0.3) is 0 Å². The highest BCUT2D eigenvalue weighted by atomic mass is 32.1. The van der Waals surface area contributed by atoms with Crippen LogP contribution < -0.4 is 10.2 Å². The number of thiazole rings is 1. The zero-order chi connectivity index (χ0) is 13.5. The van der Waals surface area contributed by atoms with E-state index in [-0.39, 0.29) is 0 Å². The first kappa shape index (κ1) is 14.8. The Hall–Kier alpha value is -0.650. The van der Waals surface area contributed by atoms with Crippen molar-refractivity contribution in [1.29, 1.82) is 0 Å². The number of anilines is 1. The van der Waals surface area contributed by atoms with Crippen molar-refractivity contribution in [3.05, 3.63) is 11.1 Å². The maximum absolute atomic E-state index is 5.07. The van der Waals surface area contributed by atoms with E-state index < -0.39 is 0 Å². The third-order valence-electron chi connectivity index (χ3n) is 3.64. The van der Waals surface area contributed by atoms with Crippen molar-refractivity contribution in [3.63, 3.8) is 0 Å². The van der Waals surface area contributed by atoms with Crippen LogP contribution in [-0.2, 0) is 11.2 Å². The monoisotopic (exact) mass is 283 g/mol. The van der Waals surface area contributed by atoms with Gasteiger partial charge in [-0.2, -0.15) is 0 Å². The van der Waals surface area contributed by atoms with Crippen molar-refractivity contribution in [1.82, 2.24) is 10.3 Å². The zero-order valence-corrected chi connectivity index (χ0v) is 12.8. The number of hydrogen-bond donors (Lipinski definition) is 1. The van der Waals surface area contributed by atoms with Crippen LogP contribution in [-0.4, -0.2) is 44.4 Å². The topological polar surface area (TPSA) is 37.4 Å². The summed E-state index contributed by atoms with van der Waals surface area (Å²) in [5.41, 5.74) is 1.22. The summed E-state index contributed by atoms with van der Waals surface area (Å²) in [6, 6.07) is 0.585. The molecule has 0 bridgehead atoms. The standard InChI is InChI=1S/C14H25N3OS/c1-3-12-11-19-14(16-12)17-8-5-4-6-13(17)10-15-7-9-18-2/h11,13,15H,3-10H2,1-2H3. The van der Waals surface area contributed by atoms with Gasteiger partial charge in [-0.3, -0.25) is 0 Å². The molecule has 1 unspecified atom stereocenters. The quantitative estimate of drug-likeness (QED) is 0.779. The number of nitrogens with one attached hydrogen (secondary N) is 1. The number of rotatable bonds is 7. The summed E-state index contributed by atoms with van der Waals surface area (Å²) >= 11 is 1.79. The largest absolute Gasteiger partial charge is 0.383 e. The van der Waals surface area contributed by atoms with Gasteiger partial charge in [-0.1, -0.05) is 6.92 Å². The van der Waals surface area contributed by atoms with E-state index in [1.165, 1.54) is 30.1 Å². The second-order valence-electron chi connectivity index (χ2n) is 5.01. The molecule has 1 aliphatic rings. The lowest BCUT2D eigenvalue weighted by Gasteiger charge is -2.35. The van der Waals surface area contributed by atoms with E-state index in [9.17, 15) is 0 Å². The van der Waals surface area contributed by atoms with E-state index in [0.29, 0.717) is 6.04 Å². The molecule has 5 heteroatoms. The molecule has 2 heterocycles. The van der Waals surface area contributed by atoms with Gasteiger partial charge in [0.05, 0.1) is 12.3 Å². The number of ether oxygens (including phenoxy) is 1. The highest BCUT2D eigenvalue weighted by molar-refractivity contribution is 7.13. The predicted molar refractivity (Wildman–Crippen MR) is 81.2 cm³/mol. The van der Waals surface area contributed by atoms with E-state index in [0.717, 1.165) is 32.7 Å². The Morgan fingerprint density at radius 1 is 1.53 bits per heavy atom. The average Bonchev–Trinajstić information content (AvgIpc) is 2.93. The first-order valence-electron chi connectivity index (χ1n) is 7.25. The Kier molecular flexibility index (Phi) is 6.07. The van der Waals surface area contributed by atoms with E-state index in [4.69, 9.17) is 9.72 Å². The molecule has 1 saturated heterocycles. The van der Waals surface area contributed by atoms with E-state index >= 15 is 0 Å². The van der Waals surface area contributed by atoms with Crippen LogP contribution in [0.1, 0.15) is 31.9 Å². The van der Waals surface area contributed by atoms with E-state index in [1.807, 2.05) is 0 Å². The summed E-state index contributed by atoms with van der Waals surface area (Å²) in [6.45, 7) is 6.05. The summed E-state index contributed by atoms with van der Waals surface area (Å²) < 4.78 is 5.07. The highest BCUT2D eigenvalue weighted by Crippen LogP contribution is 2.27. The van der Waals surface area contributed by atoms with Crippen molar-refractivity contribution in [2.75, 3.05) is 38.3 Å². The van der Waals surface area contributed by atoms with Crippen molar-refractivity contribution < 1.29 is 4.74 Å². The summed E-state index contributed by atoms with van der Waals surface area (Å²) in [7, 11) is 1.75. The van der Waals surface area contributed by atoms with Gasteiger partial charge in [0.2, 0.25) is 0 Å². The summed E-state index contributed by atoms with van der Waals surface area (Å²) in [6.07, 6.45) is 4.91. The number of nitrogens with zero attached hydrogens (tertiary/aromatic N) is 2. The molecule has 108 valence electrons. The van der Waals surface area contributed by atoms with Gasteiger partial charge in [-0.25, -0.2) is 4.98 Å². The zero-order valence-electron chi connectivity index (χ0n) is 12.0. The van der Waals surface area contributed by atoms with Gasteiger partial charge < -0.3 is 15.0 Å². The minimum Gasteiger partial charge on any atom is -0.383 e. The molecule has 1 atom stereocenters. The molecule has 2 rings (SSSR count). The van der Waals surface area contributed by atoms with Crippen molar-refractivity contribution >= 4 is 16.5 Å². The van der Waals surface area contributed by atoms with Crippen LogP contribution in [0.15, 0.2) is 5.38 Å². The summed E-state index contributed by atoms with van der Waals surface area (Å²) in [5, 5.41) is 6.88. The smallest absolute Gasteiger partial charge is 0.185 e. The number of piperidine rings is 1. The Morgan fingerprint density at radius 2 is 2.42 bits per heavy atom. The summed E-state index contributed by atoms with van der Waals surface area (Å²) in [4.78, 5) is 7.23. The van der Waals surface area contributed by atoms with Gasteiger partial charge in [0.15, 0.2) is 5.13 Å². The molecule has 1 aromatic rings. The molecule has 0 aliphatic carbocycles. The molecule has 1 aromatic heterocycles. The van der Waals surface area contributed by atoms with Crippen LogP contribution in [0.5, 0.6) is 0 Å². The first-order chi connectivity index (χ1) is 9.35. The molecule has 1 fully saturated rings. The maximum atomic E-state index is 5.07. The molecule has 4 nitrogen and oxygen atoms in total. The van der Waals surface area contributed by atoms with Crippen LogP contribution in [0.2, 0.25) is 0 Å². The lowest BCUT2D eigenvalue weighted by atomic mass is 10.0. The Bertz CT molecular complexity index is 369. The Balaban J connectivity index is 1.91. The molecule has 0 saturated carbocycles. The molecule has 19 heavy (non-hydrogen) atoms. The van der Waals surface area contributed by atoms with Gasteiger partial charge in [0.1, 0.15) is 0 Å². The van der Waals surface area contributed by atoms with E-state index in [2.05, 4.69) is 22.5 Å². The third kappa shape index (κ3) is 4.16. The highest BCUT2D eigenvalue weighted by Gasteiger charge is 2.24. The molecular formula is C14H25N3OS. The minimum atomic E-state index is 0.585. The fourth-order valence-corrected chi connectivity index (χ4v) is 3.50. The van der Waals surface area contributed by atoms with Gasteiger partial charge in [-0.05, 0) is 25.7 Å². The number of aromatic nitrogens is 1. The van der Waals surface area contributed by atoms with Gasteiger partial charge in [-0.15, -0.1) is 11.3 Å². The van der Waals surface area contributed by atoms with Gasteiger partial charge >= 0.3 is 0 Å². The molecule has 1 aliphatic heterocycles. The second-order valence-corrected chi connectivity index (χ2v) is 5.85. The normalized spacial score (nSPS) is 19.9. The lowest BCUT2D eigenvalue weighted by molar-refractivity contribution is 0.198. The van der Waals surface area contributed by atoms with Crippen molar-refractivity contribution in [2.24, 2.45) is 0 Å². The van der Waals surface area contributed by atoms with Crippen LogP contribution in [0.4, 0.5) is 5.13 Å². The molecule has 0 spiro atoms. The Labute approximate surface area is 120 Å². The second kappa shape index (κ2) is 7.82. The molecule has 1 N–H and O–H groups in total. The molecular weight excluding hydrogens is 258 g/mol. The number of hydrogen-bond acceptors (Lipinski definition) is 5. The predicted octanol–water partition coefficient (Wildman–Crippen LogP) is 2.30. The fourth-order valence-electron chi connectivity index (χ4n) is 2.50. The molecule has 0 radical (unpaired) electrons. The van der Waals surface area contributed by atoms with Gasteiger partial charge in [0, 0.05) is 38.2 Å². The van der Waals surface area contributed by atoms with Crippen LogP contribution >= 0.6 is 11.3 Å². The van der Waals surface area contributed by atoms with Crippen molar-refractivity contribution in [3.8, 4) is 0 Å². The Morgan fingerprint density at radius 3 is 3.16 bits per heavy atom. The van der Waals surface area contributed by atoms with Gasteiger partial charge in [0.25, 0.3) is 0 Å². The summed E-state index contributed by atoms with van der Waals surface area (Å²) in [5.74, 6) is 0. The van der Waals surface area contributed by atoms with E-state index in [1.54, 1.807) is 18.4 Å². The number of aryl methyl sites for hydroxylation is 1. The minimum absolute atomic E-state index is 0.585. The van der Waals surface area contributed by atoms with Crippen molar-refractivity contribution in [2.45, 2.75) is 38.6 Å². The first-order valence-corrected chi connectivity index (χ1v) is 8.13. The van der Waals surface area contributed by atoms with Crippen LogP contribution in [0.3, 0.4) is 0 Å². The molecule has 0 amide bonds. The third-order valence-corrected chi connectivity index (χ3v) is 4.56.